The van der Waals surface area contributed by atoms with Crippen molar-refractivity contribution in [1.29, 1.82) is 0 Å². The number of carbonyl (C=O) groups is 2. The zero-order valence-electron chi connectivity index (χ0n) is 15.7. The molecule has 3 amide bonds. The summed E-state index contributed by atoms with van der Waals surface area (Å²) in [7, 11) is 0. The van der Waals surface area contributed by atoms with Gasteiger partial charge in [-0.3, -0.25) is 4.79 Å². The number of para-hydroxylation sites is 1. The van der Waals surface area contributed by atoms with Crippen LogP contribution in [0.2, 0.25) is 0 Å². The number of nitrogens with two attached hydrogens (primary N) is 1. The minimum absolute atomic E-state index is 0.179. The summed E-state index contributed by atoms with van der Waals surface area (Å²) in [4.78, 5) is 24.9. The highest BCUT2D eigenvalue weighted by molar-refractivity contribution is 6.02. The van der Waals surface area contributed by atoms with Gasteiger partial charge >= 0.3 is 6.03 Å². The van der Waals surface area contributed by atoms with Gasteiger partial charge in [-0.25, -0.2) is 4.79 Å². The molecule has 5 N–H and O–H groups in total. The molecule has 1 saturated carbocycles. The minimum Gasteiger partial charge on any atom is -0.345 e. The Morgan fingerprint density at radius 2 is 1.81 bits per heavy atom. The van der Waals surface area contributed by atoms with Crippen molar-refractivity contribution in [2.75, 3.05) is 17.2 Å². The predicted octanol–water partition coefficient (Wildman–Crippen LogP) is 3.50. The first-order valence-corrected chi connectivity index (χ1v) is 9.17. The van der Waals surface area contributed by atoms with E-state index in [0.717, 1.165) is 18.4 Å². The van der Waals surface area contributed by atoms with Gasteiger partial charge in [0.25, 0.3) is 5.91 Å². The van der Waals surface area contributed by atoms with Crippen molar-refractivity contribution in [1.82, 2.24) is 5.32 Å². The Hall–Kier alpha value is -2.86. The standard InChI is InChI=1S/C21H26N4O2/c1-14-8-9-15(19(26)25-21(2,13-22)16-10-11-16)12-18(14)24-20(27)23-17-6-4-3-5-7-17/h3-9,12,16H,10-11,13,22H2,1-2H3,(H,25,26)(H2,23,24,27). The van der Waals surface area contributed by atoms with E-state index in [-0.39, 0.29) is 17.5 Å². The lowest BCUT2D eigenvalue weighted by molar-refractivity contribution is 0.0898. The lowest BCUT2D eigenvalue weighted by atomic mass is 9.95. The van der Waals surface area contributed by atoms with E-state index in [9.17, 15) is 9.59 Å². The van der Waals surface area contributed by atoms with E-state index in [1.165, 1.54) is 0 Å². The molecule has 1 atom stereocenters. The molecule has 0 spiro atoms. The molecule has 6 nitrogen and oxygen atoms in total. The summed E-state index contributed by atoms with van der Waals surface area (Å²) >= 11 is 0. The van der Waals surface area contributed by atoms with Crippen molar-refractivity contribution >= 4 is 23.3 Å². The molecule has 142 valence electrons. The zero-order chi connectivity index (χ0) is 19.4. The average molecular weight is 366 g/mol. The number of carbonyl (C=O) groups excluding carboxylic acids is 2. The molecule has 0 heterocycles. The lowest BCUT2D eigenvalue weighted by Gasteiger charge is -2.29. The fourth-order valence-electron chi connectivity index (χ4n) is 3.08. The molecule has 1 aliphatic carbocycles. The van der Waals surface area contributed by atoms with Crippen LogP contribution in [0.15, 0.2) is 48.5 Å². The number of benzene rings is 2. The quantitative estimate of drug-likeness (QED) is 0.630. The van der Waals surface area contributed by atoms with Gasteiger partial charge in [0, 0.05) is 23.5 Å². The molecule has 2 aromatic carbocycles. The Balaban J connectivity index is 1.70. The number of amides is 3. The van der Waals surface area contributed by atoms with E-state index in [2.05, 4.69) is 16.0 Å². The lowest BCUT2D eigenvalue weighted by Crippen LogP contribution is -2.53. The molecule has 2 aromatic rings. The first-order valence-electron chi connectivity index (χ1n) is 9.17. The number of aryl methyl sites for hydroxylation is 1. The van der Waals surface area contributed by atoms with Crippen LogP contribution in [-0.2, 0) is 0 Å². The first kappa shape index (κ1) is 18.9. The van der Waals surface area contributed by atoms with Gasteiger partial charge in [-0.05, 0) is 62.4 Å². The van der Waals surface area contributed by atoms with Gasteiger partial charge in [0.1, 0.15) is 0 Å². The van der Waals surface area contributed by atoms with Crippen LogP contribution in [0, 0.1) is 12.8 Å². The van der Waals surface area contributed by atoms with Crippen LogP contribution >= 0.6 is 0 Å². The van der Waals surface area contributed by atoms with Gasteiger partial charge in [-0.2, -0.15) is 0 Å². The molecule has 1 fully saturated rings. The predicted molar refractivity (Wildman–Crippen MR) is 108 cm³/mol. The largest absolute Gasteiger partial charge is 0.345 e. The van der Waals surface area contributed by atoms with Crippen molar-refractivity contribution in [3.63, 3.8) is 0 Å². The third-order valence-corrected chi connectivity index (χ3v) is 5.08. The Bertz CT molecular complexity index is 833. The molecular formula is C21H26N4O2. The second-order valence-corrected chi connectivity index (χ2v) is 7.32. The van der Waals surface area contributed by atoms with Gasteiger partial charge in [-0.15, -0.1) is 0 Å². The van der Waals surface area contributed by atoms with Crippen molar-refractivity contribution < 1.29 is 9.59 Å². The van der Waals surface area contributed by atoms with E-state index in [1.807, 2.05) is 50.2 Å². The summed E-state index contributed by atoms with van der Waals surface area (Å²) in [6.45, 7) is 4.27. The van der Waals surface area contributed by atoms with Gasteiger partial charge < -0.3 is 21.7 Å². The maximum atomic E-state index is 12.7. The van der Waals surface area contributed by atoms with Crippen LogP contribution in [0.3, 0.4) is 0 Å². The van der Waals surface area contributed by atoms with Crippen LogP contribution in [0.5, 0.6) is 0 Å². The molecular weight excluding hydrogens is 340 g/mol. The summed E-state index contributed by atoms with van der Waals surface area (Å²) in [5.74, 6) is 0.257. The van der Waals surface area contributed by atoms with E-state index in [0.29, 0.717) is 29.4 Å². The summed E-state index contributed by atoms with van der Waals surface area (Å²) in [5.41, 5.74) is 8.16. The Kier molecular flexibility index (Phi) is 5.46. The van der Waals surface area contributed by atoms with Crippen molar-refractivity contribution in [2.45, 2.75) is 32.2 Å². The molecule has 1 aliphatic rings. The van der Waals surface area contributed by atoms with Crippen molar-refractivity contribution in [3.05, 3.63) is 59.7 Å². The van der Waals surface area contributed by atoms with Crippen LogP contribution in [0.1, 0.15) is 35.7 Å². The van der Waals surface area contributed by atoms with Crippen LogP contribution in [0.4, 0.5) is 16.2 Å². The summed E-state index contributed by atoms with van der Waals surface area (Å²) < 4.78 is 0. The van der Waals surface area contributed by atoms with Gasteiger partial charge in [0.2, 0.25) is 0 Å². The van der Waals surface area contributed by atoms with Crippen molar-refractivity contribution in [3.8, 4) is 0 Å². The Morgan fingerprint density at radius 3 is 2.44 bits per heavy atom. The van der Waals surface area contributed by atoms with Gasteiger partial charge in [0.15, 0.2) is 0 Å². The fourth-order valence-corrected chi connectivity index (χ4v) is 3.08. The molecule has 1 unspecified atom stereocenters. The van der Waals surface area contributed by atoms with E-state index >= 15 is 0 Å². The number of anilines is 2. The molecule has 0 radical (unpaired) electrons. The highest BCUT2D eigenvalue weighted by atomic mass is 16.2. The smallest absolute Gasteiger partial charge is 0.323 e. The molecule has 6 heteroatoms. The molecule has 0 bridgehead atoms. The first-order chi connectivity index (χ1) is 12.9. The third-order valence-electron chi connectivity index (χ3n) is 5.08. The summed E-state index contributed by atoms with van der Waals surface area (Å²) in [6.07, 6.45) is 2.18. The van der Waals surface area contributed by atoms with E-state index in [1.54, 1.807) is 12.1 Å². The number of urea groups is 1. The number of rotatable bonds is 6. The Morgan fingerprint density at radius 1 is 1.11 bits per heavy atom. The van der Waals surface area contributed by atoms with Gasteiger partial charge in [0.05, 0.1) is 5.54 Å². The van der Waals surface area contributed by atoms with E-state index in [4.69, 9.17) is 5.73 Å². The topological polar surface area (TPSA) is 96.2 Å². The fraction of sp³-hybridized carbons (Fsp3) is 0.333. The van der Waals surface area contributed by atoms with Gasteiger partial charge in [-0.1, -0.05) is 24.3 Å². The maximum Gasteiger partial charge on any atom is 0.323 e. The molecule has 0 saturated heterocycles. The molecule has 27 heavy (non-hydrogen) atoms. The van der Waals surface area contributed by atoms with Crippen LogP contribution in [-0.4, -0.2) is 24.0 Å². The minimum atomic E-state index is -0.389. The Labute approximate surface area is 159 Å². The normalized spacial score (nSPS) is 15.5. The SMILES string of the molecule is Cc1ccc(C(=O)NC(C)(CN)C2CC2)cc1NC(=O)Nc1ccccc1. The van der Waals surface area contributed by atoms with E-state index < -0.39 is 0 Å². The third kappa shape index (κ3) is 4.65. The van der Waals surface area contributed by atoms with Crippen molar-refractivity contribution in [2.24, 2.45) is 11.7 Å². The second kappa shape index (κ2) is 7.80. The summed E-state index contributed by atoms with van der Waals surface area (Å²) in [6, 6.07) is 14.1. The number of hydrogen-bond acceptors (Lipinski definition) is 3. The molecule has 0 aromatic heterocycles. The van der Waals surface area contributed by atoms with Crippen LogP contribution < -0.4 is 21.7 Å². The number of hydrogen-bond donors (Lipinski definition) is 4. The summed E-state index contributed by atoms with van der Waals surface area (Å²) in [5, 5.41) is 8.65. The number of nitrogens with one attached hydrogen (secondary N) is 3. The zero-order valence-corrected chi connectivity index (χ0v) is 15.7. The highest BCUT2D eigenvalue weighted by Crippen LogP contribution is 2.39. The second-order valence-electron chi connectivity index (χ2n) is 7.32. The molecule has 0 aliphatic heterocycles. The molecule has 3 rings (SSSR count). The average Bonchev–Trinajstić information content (AvgIpc) is 3.50. The highest BCUT2D eigenvalue weighted by Gasteiger charge is 2.41. The maximum absolute atomic E-state index is 12.7. The monoisotopic (exact) mass is 366 g/mol. The van der Waals surface area contributed by atoms with Crippen LogP contribution in [0.25, 0.3) is 0 Å².